The highest BCUT2D eigenvalue weighted by Gasteiger charge is 2.28. The van der Waals surface area contributed by atoms with Gasteiger partial charge >= 0.3 is 0 Å². The maximum absolute atomic E-state index is 16.2. The Hall–Kier alpha value is -3.26. The van der Waals surface area contributed by atoms with E-state index in [0.717, 1.165) is 11.3 Å². The summed E-state index contributed by atoms with van der Waals surface area (Å²) in [7, 11) is 1.38. The highest BCUT2D eigenvalue weighted by molar-refractivity contribution is 7.22. The van der Waals surface area contributed by atoms with Gasteiger partial charge in [-0.3, -0.25) is 0 Å². The molecule has 3 N–H and O–H groups in total. The third-order valence-corrected chi connectivity index (χ3v) is 7.07. The summed E-state index contributed by atoms with van der Waals surface area (Å²) in [4.78, 5) is 10.5. The largest absolute Gasteiger partial charge is 0.480 e. The normalized spacial score (nSPS) is 16.2. The van der Waals surface area contributed by atoms with Gasteiger partial charge in [-0.15, -0.1) is 0 Å². The molecule has 3 heterocycles. The summed E-state index contributed by atoms with van der Waals surface area (Å²) in [6, 6.07) is 6.57. The van der Waals surface area contributed by atoms with Crippen LogP contribution in [0.3, 0.4) is 0 Å². The van der Waals surface area contributed by atoms with Crippen LogP contribution in [0.4, 0.5) is 19.6 Å². The van der Waals surface area contributed by atoms with Crippen LogP contribution in [0.1, 0.15) is 12.5 Å². The van der Waals surface area contributed by atoms with Gasteiger partial charge in [0, 0.05) is 42.2 Å². The first-order valence-electron chi connectivity index (χ1n) is 10.5. The summed E-state index contributed by atoms with van der Waals surface area (Å²) in [6.45, 7) is 3.95. The Kier molecular flexibility index (Phi) is 5.64. The number of rotatable bonds is 3. The van der Waals surface area contributed by atoms with E-state index >= 15 is 4.39 Å². The fourth-order valence-corrected chi connectivity index (χ4v) is 5.50. The number of nitrogens with one attached hydrogen (secondary N) is 1. The maximum atomic E-state index is 16.2. The third kappa shape index (κ3) is 3.48. The van der Waals surface area contributed by atoms with Crippen molar-refractivity contribution in [1.29, 1.82) is 5.26 Å². The van der Waals surface area contributed by atoms with Gasteiger partial charge in [0.25, 0.3) is 0 Å². The number of thiazole rings is 1. The Morgan fingerprint density at radius 2 is 2.12 bits per heavy atom. The third-order valence-electron chi connectivity index (χ3n) is 5.88. The zero-order valence-electron chi connectivity index (χ0n) is 18.2. The van der Waals surface area contributed by atoms with Crippen LogP contribution >= 0.6 is 22.9 Å². The number of hydrogen-bond acceptors (Lipinski definition) is 8. The number of aromatic nitrogens is 2. The van der Waals surface area contributed by atoms with E-state index in [1.54, 1.807) is 6.07 Å². The zero-order chi connectivity index (χ0) is 24.1. The number of fused-ring (bicyclic) bond motifs is 2. The molecule has 7 nitrogen and oxygen atoms in total. The number of methoxy groups -OCH3 is 1. The van der Waals surface area contributed by atoms with Crippen LogP contribution in [0.15, 0.2) is 18.2 Å². The molecular formula is C23H19ClF2N6OS. The number of pyridine rings is 1. The summed E-state index contributed by atoms with van der Waals surface area (Å²) in [5.41, 5.74) is 7.08. The van der Waals surface area contributed by atoms with Crippen molar-refractivity contribution in [2.45, 2.75) is 13.0 Å². The fourth-order valence-electron chi connectivity index (χ4n) is 4.45. The van der Waals surface area contributed by atoms with Crippen LogP contribution < -0.4 is 20.7 Å². The monoisotopic (exact) mass is 500 g/mol. The van der Waals surface area contributed by atoms with Gasteiger partial charge in [-0.1, -0.05) is 22.9 Å². The van der Waals surface area contributed by atoms with Crippen LogP contribution in [0.2, 0.25) is 5.02 Å². The van der Waals surface area contributed by atoms with E-state index in [4.69, 9.17) is 22.1 Å². The molecule has 0 aliphatic carbocycles. The molecule has 174 valence electrons. The molecule has 4 aromatic rings. The van der Waals surface area contributed by atoms with E-state index in [2.05, 4.69) is 21.4 Å². The second kappa shape index (κ2) is 8.51. The fraction of sp³-hybridized carbons (Fsp3) is 0.261. The summed E-state index contributed by atoms with van der Waals surface area (Å²) in [5.74, 6) is -1.20. The smallest absolute Gasteiger partial charge is 0.234 e. The first-order chi connectivity index (χ1) is 16.3. The minimum absolute atomic E-state index is 0.00267. The van der Waals surface area contributed by atoms with Crippen molar-refractivity contribution >= 4 is 54.9 Å². The van der Waals surface area contributed by atoms with Crippen LogP contribution in [0.25, 0.3) is 32.2 Å². The average molecular weight is 501 g/mol. The number of nitrogens with two attached hydrogens (primary N) is 1. The molecule has 5 rings (SSSR count). The number of ether oxygens (including phenoxy) is 1. The lowest BCUT2D eigenvalue weighted by atomic mass is 9.99. The Bertz CT molecular complexity index is 1500. The molecule has 1 saturated heterocycles. The summed E-state index contributed by atoms with van der Waals surface area (Å²) in [5, 5.41) is 13.9. The number of anilines is 2. The first-order valence-corrected chi connectivity index (χ1v) is 11.7. The highest BCUT2D eigenvalue weighted by Crippen LogP contribution is 2.44. The minimum Gasteiger partial charge on any atom is -0.480 e. The van der Waals surface area contributed by atoms with E-state index in [-0.39, 0.29) is 48.9 Å². The van der Waals surface area contributed by atoms with Gasteiger partial charge in [-0.2, -0.15) is 5.26 Å². The van der Waals surface area contributed by atoms with Gasteiger partial charge < -0.3 is 20.7 Å². The minimum atomic E-state index is -0.714. The summed E-state index contributed by atoms with van der Waals surface area (Å²) < 4.78 is 36.1. The molecule has 0 saturated carbocycles. The predicted octanol–water partition coefficient (Wildman–Crippen LogP) is 4.70. The lowest BCUT2D eigenvalue weighted by Gasteiger charge is -2.35. The van der Waals surface area contributed by atoms with Gasteiger partial charge in [0.05, 0.1) is 28.0 Å². The van der Waals surface area contributed by atoms with E-state index in [1.165, 1.54) is 19.2 Å². The number of nitrogen functional groups attached to an aromatic ring is 1. The second-order valence-corrected chi connectivity index (χ2v) is 9.46. The molecule has 1 atom stereocenters. The van der Waals surface area contributed by atoms with E-state index < -0.39 is 11.6 Å². The molecule has 34 heavy (non-hydrogen) atoms. The molecule has 1 fully saturated rings. The molecular weight excluding hydrogens is 482 g/mol. The number of piperazine rings is 1. The number of halogens is 3. The Balaban J connectivity index is 1.84. The van der Waals surface area contributed by atoms with Crippen LogP contribution in [0, 0.1) is 23.0 Å². The molecule has 0 spiro atoms. The predicted molar refractivity (Wildman–Crippen MR) is 131 cm³/mol. The second-order valence-electron chi connectivity index (χ2n) is 8.03. The van der Waals surface area contributed by atoms with Crippen molar-refractivity contribution in [1.82, 2.24) is 15.3 Å². The number of hydrogen-bond donors (Lipinski definition) is 2. The molecule has 0 amide bonds. The van der Waals surface area contributed by atoms with Crippen molar-refractivity contribution in [3.8, 4) is 23.1 Å². The Morgan fingerprint density at radius 1 is 1.32 bits per heavy atom. The molecule has 0 radical (unpaired) electrons. The van der Waals surface area contributed by atoms with Crippen molar-refractivity contribution in [3.63, 3.8) is 0 Å². The van der Waals surface area contributed by atoms with E-state index in [1.807, 2.05) is 11.8 Å². The van der Waals surface area contributed by atoms with Crippen molar-refractivity contribution in [2.24, 2.45) is 0 Å². The molecule has 0 unspecified atom stereocenters. The number of nitriles is 1. The average Bonchev–Trinajstić information content (AvgIpc) is 3.21. The first kappa shape index (κ1) is 22.5. The SMILES string of the molecule is COc1nc2c(F)c(-c3ccc(F)c4sc(N)nc34)c(Cl)cc2c(N2CCN[C@H](C)C2)c1C#N. The van der Waals surface area contributed by atoms with Crippen LogP contribution in [0.5, 0.6) is 5.88 Å². The quantitative estimate of drug-likeness (QED) is 0.420. The van der Waals surface area contributed by atoms with Crippen molar-refractivity contribution in [2.75, 3.05) is 37.4 Å². The Labute approximate surface area is 202 Å². The van der Waals surface area contributed by atoms with Crippen LogP contribution in [-0.2, 0) is 0 Å². The molecule has 2 aromatic carbocycles. The standard InChI is InChI=1S/C23H19ClF2N6OS/c1-10-9-32(6-5-29-10)20-12-7-14(24)16(17(26)18(12)30-22(33-2)13(20)8-27)11-3-4-15(25)21-19(11)31-23(28)34-21/h3-4,7,10,29H,5-6,9H2,1-2H3,(H2,28,31)/t10-/m1/s1. The summed E-state index contributed by atoms with van der Waals surface area (Å²) in [6.07, 6.45) is 0. The van der Waals surface area contributed by atoms with Gasteiger partial charge in [0.1, 0.15) is 23.0 Å². The lowest BCUT2D eigenvalue weighted by Crippen LogP contribution is -2.49. The van der Waals surface area contributed by atoms with Gasteiger partial charge in [0.2, 0.25) is 5.88 Å². The summed E-state index contributed by atoms with van der Waals surface area (Å²) >= 11 is 7.61. The van der Waals surface area contributed by atoms with Gasteiger partial charge in [-0.25, -0.2) is 18.7 Å². The zero-order valence-corrected chi connectivity index (χ0v) is 19.8. The van der Waals surface area contributed by atoms with Gasteiger partial charge in [-0.05, 0) is 25.1 Å². The number of nitrogens with zero attached hydrogens (tertiary/aromatic N) is 4. The van der Waals surface area contributed by atoms with Crippen LogP contribution in [-0.4, -0.2) is 42.8 Å². The van der Waals surface area contributed by atoms with Gasteiger partial charge in [0.15, 0.2) is 10.9 Å². The van der Waals surface area contributed by atoms with E-state index in [0.29, 0.717) is 36.3 Å². The number of benzene rings is 2. The lowest BCUT2D eigenvalue weighted by molar-refractivity contribution is 0.397. The molecule has 1 aliphatic rings. The van der Waals surface area contributed by atoms with E-state index in [9.17, 15) is 9.65 Å². The molecule has 2 aromatic heterocycles. The highest BCUT2D eigenvalue weighted by atomic mass is 35.5. The molecule has 1 aliphatic heterocycles. The van der Waals surface area contributed by atoms with Crippen molar-refractivity contribution in [3.05, 3.63) is 40.4 Å². The maximum Gasteiger partial charge on any atom is 0.234 e. The Morgan fingerprint density at radius 3 is 2.82 bits per heavy atom. The topological polar surface area (TPSA) is 100 Å². The van der Waals surface area contributed by atoms with Crippen molar-refractivity contribution < 1.29 is 13.5 Å². The molecule has 0 bridgehead atoms. The molecule has 11 heteroatoms.